The molecule has 1 aliphatic carbocycles. The molecule has 0 bridgehead atoms. The first-order valence-corrected chi connectivity index (χ1v) is 12.5. The Morgan fingerprint density at radius 1 is 1.06 bits per heavy atom. The highest BCUT2D eigenvalue weighted by Gasteiger charge is 2.30. The number of rotatable bonds is 10. The van der Waals surface area contributed by atoms with E-state index in [0.717, 1.165) is 24.2 Å². The first-order chi connectivity index (χ1) is 15.1. The molecule has 0 heterocycles. The van der Waals surface area contributed by atoms with Crippen LogP contribution in [0, 0.1) is 6.92 Å². The average Bonchev–Trinajstić information content (AvgIpc) is 3.28. The minimum absolute atomic E-state index is 0.0115. The van der Waals surface area contributed by atoms with E-state index in [1.807, 2.05) is 49.4 Å². The van der Waals surface area contributed by atoms with Gasteiger partial charge in [-0.05, 0) is 42.9 Å². The molecule has 0 saturated heterocycles. The van der Waals surface area contributed by atoms with Crippen LogP contribution in [0.3, 0.4) is 0 Å². The number of benzene rings is 2. The van der Waals surface area contributed by atoms with E-state index in [1.54, 1.807) is 16.7 Å². The SMILES string of the molecule is CCC(C(=O)NC1CCCC1)N(Cc1ccccc1)C(=O)CSCc1ccccc1C. The zero-order valence-electron chi connectivity index (χ0n) is 18.7. The molecule has 1 fully saturated rings. The molecule has 5 heteroatoms. The highest BCUT2D eigenvalue weighted by molar-refractivity contribution is 7.99. The molecule has 2 aromatic rings. The molecule has 1 unspecified atom stereocenters. The van der Waals surface area contributed by atoms with Gasteiger partial charge in [-0.1, -0.05) is 74.4 Å². The molecule has 166 valence electrons. The molecule has 1 N–H and O–H groups in total. The predicted molar refractivity (Wildman–Crippen MR) is 129 cm³/mol. The fourth-order valence-corrected chi connectivity index (χ4v) is 5.16. The van der Waals surface area contributed by atoms with E-state index in [0.29, 0.717) is 18.7 Å². The number of carbonyl (C=O) groups excluding carboxylic acids is 2. The van der Waals surface area contributed by atoms with Crippen molar-refractivity contribution in [1.29, 1.82) is 0 Å². The van der Waals surface area contributed by atoms with E-state index in [2.05, 4.69) is 24.4 Å². The third-order valence-electron chi connectivity index (χ3n) is 6.03. The van der Waals surface area contributed by atoms with Crippen LogP contribution >= 0.6 is 11.8 Å². The maximum Gasteiger partial charge on any atom is 0.243 e. The van der Waals surface area contributed by atoms with E-state index in [1.165, 1.54) is 24.0 Å². The number of thioether (sulfide) groups is 1. The molecule has 0 radical (unpaired) electrons. The lowest BCUT2D eigenvalue weighted by Gasteiger charge is -2.31. The number of amides is 2. The average molecular weight is 439 g/mol. The summed E-state index contributed by atoms with van der Waals surface area (Å²) in [7, 11) is 0. The van der Waals surface area contributed by atoms with Gasteiger partial charge in [-0.3, -0.25) is 9.59 Å². The summed E-state index contributed by atoms with van der Waals surface area (Å²) in [5.74, 6) is 1.18. The van der Waals surface area contributed by atoms with Gasteiger partial charge in [0.1, 0.15) is 6.04 Å². The minimum atomic E-state index is -0.438. The lowest BCUT2D eigenvalue weighted by atomic mass is 10.1. The van der Waals surface area contributed by atoms with Gasteiger partial charge >= 0.3 is 0 Å². The molecule has 0 aromatic heterocycles. The van der Waals surface area contributed by atoms with Gasteiger partial charge in [0.15, 0.2) is 0 Å². The summed E-state index contributed by atoms with van der Waals surface area (Å²) in [5, 5.41) is 3.20. The third-order valence-corrected chi connectivity index (χ3v) is 6.99. The number of nitrogens with zero attached hydrogens (tertiary/aromatic N) is 1. The molecule has 31 heavy (non-hydrogen) atoms. The van der Waals surface area contributed by atoms with Gasteiger partial charge in [-0.25, -0.2) is 0 Å². The van der Waals surface area contributed by atoms with Crippen LogP contribution in [-0.2, 0) is 21.9 Å². The molecule has 2 amide bonds. The summed E-state index contributed by atoms with van der Waals surface area (Å²) < 4.78 is 0. The standard InChI is InChI=1S/C26H34N2O2S/c1-3-24(26(30)27-23-15-9-10-16-23)28(17-21-12-5-4-6-13-21)25(29)19-31-18-22-14-8-7-11-20(22)2/h4-8,11-14,23-24H,3,9-10,15-19H2,1-2H3,(H,27,30). The van der Waals surface area contributed by atoms with Gasteiger partial charge in [0.05, 0.1) is 5.75 Å². The fraction of sp³-hybridized carbons (Fsp3) is 0.462. The van der Waals surface area contributed by atoms with Gasteiger partial charge in [0.2, 0.25) is 11.8 Å². The zero-order chi connectivity index (χ0) is 22.1. The summed E-state index contributed by atoms with van der Waals surface area (Å²) in [5.41, 5.74) is 3.54. The Morgan fingerprint density at radius 2 is 1.74 bits per heavy atom. The molecule has 0 aliphatic heterocycles. The first-order valence-electron chi connectivity index (χ1n) is 11.3. The van der Waals surface area contributed by atoms with E-state index < -0.39 is 6.04 Å². The van der Waals surface area contributed by atoms with Gasteiger partial charge in [-0.2, -0.15) is 0 Å². The maximum atomic E-state index is 13.3. The number of hydrogen-bond acceptors (Lipinski definition) is 3. The molecule has 2 aromatic carbocycles. The lowest BCUT2D eigenvalue weighted by Crippen LogP contribution is -2.51. The Morgan fingerprint density at radius 3 is 2.42 bits per heavy atom. The lowest BCUT2D eigenvalue weighted by molar-refractivity contribution is -0.139. The van der Waals surface area contributed by atoms with Crippen molar-refractivity contribution in [3.05, 3.63) is 71.3 Å². The summed E-state index contributed by atoms with van der Waals surface area (Å²) in [6.07, 6.45) is 5.04. The molecule has 1 atom stereocenters. The minimum Gasteiger partial charge on any atom is -0.352 e. The quantitative estimate of drug-likeness (QED) is 0.562. The van der Waals surface area contributed by atoms with Crippen molar-refractivity contribution < 1.29 is 9.59 Å². The molecule has 1 saturated carbocycles. The topological polar surface area (TPSA) is 49.4 Å². The van der Waals surface area contributed by atoms with Crippen molar-refractivity contribution >= 4 is 23.6 Å². The maximum absolute atomic E-state index is 13.3. The largest absolute Gasteiger partial charge is 0.352 e. The third kappa shape index (κ3) is 6.86. The summed E-state index contributed by atoms with van der Waals surface area (Å²) >= 11 is 1.62. The Bertz CT molecular complexity index is 849. The predicted octanol–water partition coefficient (Wildman–Crippen LogP) is 5.09. The summed E-state index contributed by atoms with van der Waals surface area (Å²) in [6, 6.07) is 18.0. The summed E-state index contributed by atoms with van der Waals surface area (Å²) in [4.78, 5) is 28.2. The highest BCUT2D eigenvalue weighted by Crippen LogP contribution is 2.21. The van der Waals surface area contributed by atoms with Crippen LogP contribution in [0.1, 0.15) is 55.7 Å². The molecule has 1 aliphatic rings. The Balaban J connectivity index is 1.68. The van der Waals surface area contributed by atoms with E-state index in [4.69, 9.17) is 0 Å². The highest BCUT2D eigenvalue weighted by atomic mass is 32.2. The molecular weight excluding hydrogens is 404 g/mol. The number of aryl methyl sites for hydroxylation is 1. The van der Waals surface area contributed by atoms with E-state index in [9.17, 15) is 9.59 Å². The van der Waals surface area contributed by atoms with Crippen molar-refractivity contribution in [2.45, 2.75) is 70.3 Å². The molecule has 0 spiro atoms. The number of hydrogen-bond donors (Lipinski definition) is 1. The van der Waals surface area contributed by atoms with Gasteiger partial charge < -0.3 is 10.2 Å². The Hall–Kier alpha value is -2.27. The Kier molecular flexibility index (Phi) is 9.01. The second kappa shape index (κ2) is 11.9. The van der Waals surface area contributed by atoms with Crippen LogP contribution in [0.15, 0.2) is 54.6 Å². The molecule has 4 nitrogen and oxygen atoms in total. The van der Waals surface area contributed by atoms with Crippen LogP contribution in [0.5, 0.6) is 0 Å². The zero-order valence-corrected chi connectivity index (χ0v) is 19.5. The Labute approximate surface area is 190 Å². The molecular formula is C26H34N2O2S. The smallest absolute Gasteiger partial charge is 0.243 e. The summed E-state index contributed by atoms with van der Waals surface area (Å²) in [6.45, 7) is 4.55. The van der Waals surface area contributed by atoms with Crippen LogP contribution in [0.4, 0.5) is 0 Å². The van der Waals surface area contributed by atoms with Crippen molar-refractivity contribution in [3.8, 4) is 0 Å². The first kappa shape index (κ1) is 23.4. The van der Waals surface area contributed by atoms with Crippen LogP contribution in [-0.4, -0.2) is 34.6 Å². The number of carbonyl (C=O) groups is 2. The second-order valence-corrected chi connectivity index (χ2v) is 9.33. The van der Waals surface area contributed by atoms with E-state index >= 15 is 0 Å². The monoisotopic (exact) mass is 438 g/mol. The van der Waals surface area contributed by atoms with Gasteiger partial charge in [0, 0.05) is 18.3 Å². The fourth-order valence-electron chi connectivity index (χ4n) is 4.17. The van der Waals surface area contributed by atoms with Gasteiger partial charge in [0.25, 0.3) is 0 Å². The normalized spacial score (nSPS) is 14.9. The van der Waals surface area contributed by atoms with Crippen LogP contribution in [0.2, 0.25) is 0 Å². The number of nitrogens with one attached hydrogen (secondary N) is 1. The van der Waals surface area contributed by atoms with Crippen LogP contribution < -0.4 is 5.32 Å². The van der Waals surface area contributed by atoms with Gasteiger partial charge in [-0.15, -0.1) is 11.8 Å². The van der Waals surface area contributed by atoms with Crippen molar-refractivity contribution in [3.63, 3.8) is 0 Å². The van der Waals surface area contributed by atoms with Crippen molar-refractivity contribution in [2.24, 2.45) is 0 Å². The second-order valence-electron chi connectivity index (χ2n) is 8.34. The molecule has 3 rings (SSSR count). The van der Waals surface area contributed by atoms with E-state index in [-0.39, 0.29) is 17.9 Å². The van der Waals surface area contributed by atoms with Crippen LogP contribution in [0.25, 0.3) is 0 Å². The van der Waals surface area contributed by atoms with Crippen molar-refractivity contribution in [1.82, 2.24) is 10.2 Å². The van der Waals surface area contributed by atoms with Crippen molar-refractivity contribution in [2.75, 3.05) is 5.75 Å².